The van der Waals surface area contributed by atoms with E-state index in [9.17, 15) is 5.26 Å². The van der Waals surface area contributed by atoms with E-state index in [2.05, 4.69) is 11.1 Å². The molecule has 4 nitrogen and oxygen atoms in total. The number of ether oxygens (including phenoxy) is 2. The van der Waals surface area contributed by atoms with Crippen molar-refractivity contribution in [2.24, 2.45) is 0 Å². The van der Waals surface area contributed by atoms with E-state index in [0.29, 0.717) is 28.7 Å². The molecule has 3 aromatic carbocycles. The molecule has 0 fully saturated rings. The van der Waals surface area contributed by atoms with E-state index >= 15 is 0 Å². The molecule has 0 amide bonds. The van der Waals surface area contributed by atoms with E-state index in [1.165, 1.54) is 11.3 Å². The van der Waals surface area contributed by atoms with Gasteiger partial charge in [-0.3, -0.25) is 0 Å². The van der Waals surface area contributed by atoms with Crippen LogP contribution in [-0.2, 0) is 6.61 Å². The topological polar surface area (TPSA) is 55.1 Å². The molecule has 0 unspecified atom stereocenters. The average molecular weight is 398 g/mol. The number of para-hydroxylation sites is 1. The predicted molar refractivity (Wildman–Crippen MR) is 117 cm³/mol. The molecule has 0 N–H and O–H groups in total. The lowest BCUT2D eigenvalue weighted by Gasteiger charge is -2.11. The molecule has 0 saturated heterocycles. The number of fused-ring (bicyclic) bond motifs is 1. The number of hydrogen-bond acceptors (Lipinski definition) is 5. The smallest absolute Gasteiger partial charge is 0.161 e. The van der Waals surface area contributed by atoms with Crippen LogP contribution in [0.15, 0.2) is 72.8 Å². The quantitative estimate of drug-likeness (QED) is 0.377. The Labute approximate surface area is 173 Å². The first kappa shape index (κ1) is 18.7. The van der Waals surface area contributed by atoms with Crippen molar-refractivity contribution in [2.45, 2.75) is 6.61 Å². The number of nitrogens with zero attached hydrogens (tertiary/aromatic N) is 2. The van der Waals surface area contributed by atoms with E-state index in [-0.39, 0.29) is 0 Å². The molecule has 4 rings (SSSR count). The molecular formula is C24H18N2O2S. The minimum Gasteiger partial charge on any atom is -0.493 e. The molecule has 0 spiro atoms. The fourth-order valence-corrected chi connectivity index (χ4v) is 3.86. The van der Waals surface area contributed by atoms with Crippen LogP contribution >= 0.6 is 11.3 Å². The van der Waals surface area contributed by atoms with Crippen molar-refractivity contribution in [3.05, 3.63) is 88.9 Å². The van der Waals surface area contributed by atoms with Gasteiger partial charge in [-0.25, -0.2) is 4.98 Å². The van der Waals surface area contributed by atoms with Crippen LogP contribution in [0.5, 0.6) is 11.5 Å². The molecule has 142 valence electrons. The Morgan fingerprint density at radius 2 is 1.83 bits per heavy atom. The Hall–Kier alpha value is -3.62. The Morgan fingerprint density at radius 3 is 2.59 bits per heavy atom. The fourth-order valence-electron chi connectivity index (χ4n) is 2.92. The summed E-state index contributed by atoms with van der Waals surface area (Å²) in [6.45, 7) is 0.460. The fraction of sp³-hybridized carbons (Fsp3) is 0.0833. The summed E-state index contributed by atoms with van der Waals surface area (Å²) < 4.78 is 12.5. The van der Waals surface area contributed by atoms with Crippen molar-refractivity contribution in [3.8, 4) is 17.6 Å². The second kappa shape index (κ2) is 8.59. The molecule has 0 atom stereocenters. The standard InChI is InChI=1S/C24H18N2O2S/c1-27-22-14-18(11-12-21(22)28-16-17-7-3-2-4-8-17)13-19(15-25)24-26-20-9-5-6-10-23(20)29-24/h2-14H,16H2,1H3/b19-13+. The van der Waals surface area contributed by atoms with Crippen LogP contribution < -0.4 is 9.47 Å². The van der Waals surface area contributed by atoms with Gasteiger partial charge in [0.1, 0.15) is 17.7 Å². The third kappa shape index (κ3) is 4.29. The maximum absolute atomic E-state index is 9.65. The summed E-state index contributed by atoms with van der Waals surface area (Å²) in [7, 11) is 1.61. The van der Waals surface area contributed by atoms with Crippen molar-refractivity contribution in [1.82, 2.24) is 4.98 Å². The van der Waals surface area contributed by atoms with Gasteiger partial charge in [-0.2, -0.15) is 5.26 Å². The third-order valence-electron chi connectivity index (χ3n) is 4.38. The zero-order valence-corrected chi connectivity index (χ0v) is 16.6. The van der Waals surface area contributed by atoms with E-state index in [1.54, 1.807) is 7.11 Å². The number of aromatic nitrogens is 1. The monoisotopic (exact) mass is 398 g/mol. The van der Waals surface area contributed by atoms with Gasteiger partial charge >= 0.3 is 0 Å². The Balaban J connectivity index is 1.59. The Morgan fingerprint density at radius 1 is 1.03 bits per heavy atom. The molecule has 0 radical (unpaired) electrons. The molecule has 5 heteroatoms. The first-order chi connectivity index (χ1) is 14.3. The highest BCUT2D eigenvalue weighted by molar-refractivity contribution is 7.19. The molecule has 1 heterocycles. The zero-order chi connectivity index (χ0) is 20.1. The minimum atomic E-state index is 0.460. The van der Waals surface area contributed by atoms with Gasteiger partial charge in [-0.15, -0.1) is 11.3 Å². The highest BCUT2D eigenvalue weighted by Crippen LogP contribution is 2.32. The summed E-state index contributed by atoms with van der Waals surface area (Å²) in [6, 6.07) is 25.7. The van der Waals surface area contributed by atoms with Crippen LogP contribution in [-0.4, -0.2) is 12.1 Å². The number of nitriles is 1. The highest BCUT2D eigenvalue weighted by Gasteiger charge is 2.10. The largest absolute Gasteiger partial charge is 0.493 e. The predicted octanol–water partition coefficient (Wildman–Crippen LogP) is 5.95. The lowest BCUT2D eigenvalue weighted by atomic mass is 10.1. The van der Waals surface area contributed by atoms with Crippen molar-refractivity contribution in [3.63, 3.8) is 0 Å². The van der Waals surface area contributed by atoms with Crippen LogP contribution in [0.4, 0.5) is 0 Å². The number of thiazole rings is 1. The van der Waals surface area contributed by atoms with E-state index < -0.39 is 0 Å². The van der Waals surface area contributed by atoms with Crippen molar-refractivity contribution < 1.29 is 9.47 Å². The molecule has 4 aromatic rings. The van der Waals surface area contributed by atoms with Gasteiger partial charge in [0.2, 0.25) is 0 Å². The van der Waals surface area contributed by atoms with E-state index in [4.69, 9.17) is 9.47 Å². The number of hydrogen-bond donors (Lipinski definition) is 0. The minimum absolute atomic E-state index is 0.460. The number of allylic oxidation sites excluding steroid dienone is 1. The SMILES string of the molecule is COc1cc(/C=C(\C#N)c2nc3ccccc3s2)ccc1OCc1ccccc1. The molecular weight excluding hydrogens is 380 g/mol. The maximum Gasteiger partial charge on any atom is 0.161 e. The van der Waals surface area contributed by atoms with E-state index in [0.717, 1.165) is 21.3 Å². The van der Waals surface area contributed by atoms with Crippen molar-refractivity contribution >= 4 is 33.2 Å². The van der Waals surface area contributed by atoms with Gasteiger partial charge in [0.25, 0.3) is 0 Å². The first-order valence-corrected chi connectivity index (χ1v) is 9.91. The summed E-state index contributed by atoms with van der Waals surface area (Å²) in [5, 5.41) is 10.4. The second-order valence-corrected chi connectivity index (χ2v) is 7.37. The molecule has 0 bridgehead atoms. The number of methoxy groups -OCH3 is 1. The lowest BCUT2D eigenvalue weighted by Crippen LogP contribution is -1.97. The highest BCUT2D eigenvalue weighted by atomic mass is 32.1. The molecule has 0 aliphatic carbocycles. The van der Waals surface area contributed by atoms with Crippen LogP contribution in [0.3, 0.4) is 0 Å². The molecule has 0 aliphatic rings. The molecule has 29 heavy (non-hydrogen) atoms. The number of rotatable bonds is 6. The normalized spacial score (nSPS) is 11.2. The van der Waals surface area contributed by atoms with Crippen molar-refractivity contribution in [1.29, 1.82) is 5.26 Å². The van der Waals surface area contributed by atoms with Gasteiger partial charge < -0.3 is 9.47 Å². The van der Waals surface area contributed by atoms with Crippen molar-refractivity contribution in [2.75, 3.05) is 7.11 Å². The Kier molecular flexibility index (Phi) is 5.55. The Bertz CT molecular complexity index is 1170. The summed E-state index contributed by atoms with van der Waals surface area (Å²) in [4.78, 5) is 4.57. The first-order valence-electron chi connectivity index (χ1n) is 9.09. The van der Waals surface area contributed by atoms with Gasteiger partial charge in [0.05, 0.1) is 22.9 Å². The van der Waals surface area contributed by atoms with Crippen LogP contribution in [0.1, 0.15) is 16.1 Å². The zero-order valence-electron chi connectivity index (χ0n) is 15.8. The third-order valence-corrected chi connectivity index (χ3v) is 5.45. The lowest BCUT2D eigenvalue weighted by molar-refractivity contribution is 0.284. The van der Waals surface area contributed by atoms with Gasteiger partial charge in [0, 0.05) is 0 Å². The molecule has 0 saturated carbocycles. The summed E-state index contributed by atoms with van der Waals surface area (Å²) in [5.74, 6) is 1.28. The summed E-state index contributed by atoms with van der Waals surface area (Å²) in [6.07, 6.45) is 1.82. The average Bonchev–Trinajstić information content (AvgIpc) is 3.21. The molecule has 0 aliphatic heterocycles. The van der Waals surface area contributed by atoms with Crippen LogP contribution in [0, 0.1) is 11.3 Å². The summed E-state index contributed by atoms with van der Waals surface area (Å²) in [5.41, 5.74) is 3.35. The van der Waals surface area contributed by atoms with Crippen LogP contribution in [0.2, 0.25) is 0 Å². The van der Waals surface area contributed by atoms with Gasteiger partial charge in [-0.1, -0.05) is 48.5 Å². The maximum atomic E-state index is 9.65. The number of benzene rings is 3. The van der Waals surface area contributed by atoms with Gasteiger partial charge in [-0.05, 0) is 41.5 Å². The molecule has 1 aromatic heterocycles. The summed E-state index contributed by atoms with van der Waals surface area (Å²) >= 11 is 1.51. The van der Waals surface area contributed by atoms with E-state index in [1.807, 2.05) is 78.9 Å². The van der Waals surface area contributed by atoms with Crippen LogP contribution in [0.25, 0.3) is 21.9 Å². The van der Waals surface area contributed by atoms with Gasteiger partial charge in [0.15, 0.2) is 11.5 Å². The second-order valence-electron chi connectivity index (χ2n) is 6.34.